The smallest absolute Gasteiger partial charge is 0.354 e. The number of hydrogen-bond acceptors (Lipinski definition) is 6. The van der Waals surface area contributed by atoms with E-state index < -0.39 is 11.9 Å². The number of aromatic nitrogens is 1. The van der Waals surface area contributed by atoms with Crippen LogP contribution in [-0.4, -0.2) is 42.4 Å². The minimum absolute atomic E-state index is 0.0148. The summed E-state index contributed by atoms with van der Waals surface area (Å²) in [6.07, 6.45) is 0.438. The molecule has 0 bridgehead atoms. The number of methoxy groups -OCH3 is 1. The third kappa shape index (κ3) is 4.57. The van der Waals surface area contributed by atoms with Crippen molar-refractivity contribution in [2.24, 2.45) is 0 Å². The number of ether oxygens (including phenoxy) is 3. The maximum atomic E-state index is 12.7. The highest BCUT2D eigenvalue weighted by atomic mass is 16.5. The highest BCUT2D eigenvalue weighted by molar-refractivity contribution is 6.03. The third-order valence-electron chi connectivity index (χ3n) is 4.55. The Balaban J connectivity index is 1.95. The van der Waals surface area contributed by atoms with Gasteiger partial charge in [-0.2, -0.15) is 0 Å². The van der Waals surface area contributed by atoms with Crippen LogP contribution in [0.3, 0.4) is 0 Å². The van der Waals surface area contributed by atoms with Gasteiger partial charge in [-0.1, -0.05) is 30.3 Å². The molecular formula is C22H23NO6. The number of carbonyl (C=O) groups is 2. The maximum Gasteiger partial charge on any atom is 0.354 e. The topological polar surface area (TPSA) is 97.9 Å². The van der Waals surface area contributed by atoms with E-state index in [2.05, 4.69) is 4.98 Å². The van der Waals surface area contributed by atoms with Crippen LogP contribution < -0.4 is 4.74 Å². The lowest BCUT2D eigenvalue weighted by Gasteiger charge is -2.12. The Morgan fingerprint density at radius 3 is 2.55 bits per heavy atom. The SMILES string of the molecule is COC(=O)c1cc2c(C)c(C(=O)OCc3ccccc3)cc(OCCCO)c2[nH]1. The summed E-state index contributed by atoms with van der Waals surface area (Å²) in [6, 6.07) is 12.6. The first-order chi connectivity index (χ1) is 14.0. The van der Waals surface area contributed by atoms with Crippen LogP contribution in [0.2, 0.25) is 0 Å². The molecule has 0 aliphatic carbocycles. The van der Waals surface area contributed by atoms with Crippen molar-refractivity contribution < 1.29 is 28.9 Å². The summed E-state index contributed by atoms with van der Waals surface area (Å²) in [7, 11) is 1.30. The predicted octanol–water partition coefficient (Wildman–Crippen LogP) is 3.38. The number of aryl methyl sites for hydroxylation is 1. The molecule has 7 nitrogen and oxygen atoms in total. The number of H-pyrrole nitrogens is 1. The quantitative estimate of drug-likeness (QED) is 0.447. The number of aliphatic hydroxyl groups excluding tert-OH is 1. The molecule has 7 heteroatoms. The van der Waals surface area contributed by atoms with Gasteiger partial charge >= 0.3 is 11.9 Å². The molecule has 0 aliphatic heterocycles. The highest BCUT2D eigenvalue weighted by Crippen LogP contribution is 2.32. The number of aliphatic hydroxyl groups is 1. The third-order valence-corrected chi connectivity index (χ3v) is 4.55. The van der Waals surface area contributed by atoms with Crippen molar-refractivity contribution in [1.82, 2.24) is 4.98 Å². The first kappa shape index (κ1) is 20.4. The van der Waals surface area contributed by atoms with Gasteiger partial charge in [0.2, 0.25) is 0 Å². The second-order valence-electron chi connectivity index (χ2n) is 6.50. The monoisotopic (exact) mass is 397 g/mol. The molecule has 152 valence electrons. The largest absolute Gasteiger partial charge is 0.491 e. The van der Waals surface area contributed by atoms with E-state index in [1.807, 2.05) is 30.3 Å². The predicted molar refractivity (Wildman–Crippen MR) is 107 cm³/mol. The first-order valence-electron chi connectivity index (χ1n) is 9.24. The molecule has 2 N–H and O–H groups in total. The van der Waals surface area contributed by atoms with Crippen LogP contribution in [-0.2, 0) is 16.1 Å². The fraction of sp³-hybridized carbons (Fsp3) is 0.273. The zero-order chi connectivity index (χ0) is 20.8. The summed E-state index contributed by atoms with van der Waals surface area (Å²) in [5.74, 6) is -0.600. The number of nitrogens with one attached hydrogen (secondary N) is 1. The number of benzene rings is 2. The molecule has 0 amide bonds. The fourth-order valence-electron chi connectivity index (χ4n) is 2.99. The minimum atomic E-state index is -0.518. The number of esters is 2. The normalized spacial score (nSPS) is 10.7. The van der Waals surface area contributed by atoms with Crippen LogP contribution in [0.15, 0.2) is 42.5 Å². The summed E-state index contributed by atoms with van der Waals surface area (Å²) in [4.78, 5) is 27.7. The van der Waals surface area contributed by atoms with Crippen LogP contribution in [0.5, 0.6) is 5.75 Å². The van der Waals surface area contributed by atoms with Crippen LogP contribution in [0, 0.1) is 6.92 Å². The van der Waals surface area contributed by atoms with Crippen molar-refractivity contribution in [2.45, 2.75) is 20.0 Å². The van der Waals surface area contributed by atoms with E-state index in [4.69, 9.17) is 19.3 Å². The Morgan fingerprint density at radius 1 is 1.10 bits per heavy atom. The highest BCUT2D eigenvalue weighted by Gasteiger charge is 2.21. The number of rotatable bonds is 8. The van der Waals surface area contributed by atoms with Gasteiger partial charge in [0.1, 0.15) is 18.1 Å². The molecule has 3 rings (SSSR count). The van der Waals surface area contributed by atoms with Crippen molar-refractivity contribution in [2.75, 3.05) is 20.3 Å². The fourth-order valence-corrected chi connectivity index (χ4v) is 2.99. The van der Waals surface area contributed by atoms with Crippen molar-refractivity contribution in [3.8, 4) is 5.75 Å². The molecule has 1 heterocycles. The molecule has 0 saturated carbocycles. The molecule has 3 aromatic rings. The molecule has 1 aromatic heterocycles. The summed E-state index contributed by atoms with van der Waals surface area (Å²) < 4.78 is 16.0. The molecule has 0 aliphatic rings. The average molecular weight is 397 g/mol. The van der Waals surface area contributed by atoms with Gasteiger partial charge in [-0.3, -0.25) is 0 Å². The molecule has 0 radical (unpaired) electrons. The van der Waals surface area contributed by atoms with Gasteiger partial charge in [-0.15, -0.1) is 0 Å². The first-order valence-corrected chi connectivity index (χ1v) is 9.24. The van der Waals surface area contributed by atoms with Crippen LogP contribution in [0.4, 0.5) is 0 Å². The van der Waals surface area contributed by atoms with Gasteiger partial charge in [-0.25, -0.2) is 9.59 Å². The zero-order valence-corrected chi connectivity index (χ0v) is 16.4. The minimum Gasteiger partial charge on any atom is -0.491 e. The van der Waals surface area contributed by atoms with E-state index in [1.54, 1.807) is 19.1 Å². The lowest BCUT2D eigenvalue weighted by molar-refractivity contribution is 0.0471. The Kier molecular flexibility index (Phi) is 6.51. The Hall–Kier alpha value is -3.32. The standard InChI is InChI=1S/C22H23NO6/c1-14-16-11-18(22(26)27-2)23-20(16)19(28-10-6-9-24)12-17(14)21(25)29-13-15-7-4-3-5-8-15/h3-5,7-8,11-12,23-24H,6,9-10,13H2,1-2H3. The lowest BCUT2D eigenvalue weighted by atomic mass is 10.0. The van der Waals surface area contributed by atoms with E-state index in [-0.39, 0.29) is 25.5 Å². The molecule has 0 unspecified atom stereocenters. The Labute approximate surface area is 168 Å². The molecular weight excluding hydrogens is 374 g/mol. The molecule has 0 saturated heterocycles. The lowest BCUT2D eigenvalue weighted by Crippen LogP contribution is -2.09. The van der Waals surface area contributed by atoms with Gasteiger partial charge in [0.25, 0.3) is 0 Å². The van der Waals surface area contributed by atoms with Crippen molar-refractivity contribution in [3.63, 3.8) is 0 Å². The van der Waals surface area contributed by atoms with E-state index >= 15 is 0 Å². The Morgan fingerprint density at radius 2 is 1.86 bits per heavy atom. The average Bonchev–Trinajstić information content (AvgIpc) is 3.20. The molecule has 0 atom stereocenters. The van der Waals surface area contributed by atoms with Gasteiger partial charge < -0.3 is 24.3 Å². The summed E-state index contributed by atoms with van der Waals surface area (Å²) in [6.45, 7) is 2.19. The number of fused-ring (bicyclic) bond motifs is 1. The molecule has 0 spiro atoms. The number of hydrogen-bond donors (Lipinski definition) is 2. The summed E-state index contributed by atoms with van der Waals surface area (Å²) >= 11 is 0. The van der Waals surface area contributed by atoms with Gasteiger partial charge in [0, 0.05) is 18.4 Å². The van der Waals surface area contributed by atoms with Crippen molar-refractivity contribution >= 4 is 22.8 Å². The second kappa shape index (κ2) is 9.25. The van der Waals surface area contributed by atoms with Gasteiger partial charge in [0.05, 0.1) is 24.8 Å². The summed E-state index contributed by atoms with van der Waals surface area (Å²) in [5, 5.41) is 9.67. The zero-order valence-electron chi connectivity index (χ0n) is 16.4. The van der Waals surface area contributed by atoms with Crippen LogP contribution >= 0.6 is 0 Å². The van der Waals surface area contributed by atoms with Gasteiger partial charge in [0.15, 0.2) is 0 Å². The summed E-state index contributed by atoms with van der Waals surface area (Å²) in [5.41, 5.74) is 2.74. The van der Waals surface area contributed by atoms with E-state index in [9.17, 15) is 9.59 Å². The van der Waals surface area contributed by atoms with Crippen molar-refractivity contribution in [1.29, 1.82) is 0 Å². The van der Waals surface area contributed by atoms with Gasteiger partial charge in [-0.05, 0) is 30.2 Å². The molecule has 0 fully saturated rings. The van der Waals surface area contributed by atoms with Crippen LogP contribution in [0.25, 0.3) is 10.9 Å². The maximum absolute atomic E-state index is 12.7. The Bertz CT molecular complexity index is 1010. The molecule has 2 aromatic carbocycles. The van der Waals surface area contributed by atoms with Crippen molar-refractivity contribution in [3.05, 3.63) is 64.8 Å². The van der Waals surface area contributed by atoms with E-state index in [1.165, 1.54) is 7.11 Å². The number of carbonyl (C=O) groups excluding carboxylic acids is 2. The van der Waals surface area contributed by atoms with E-state index in [0.29, 0.717) is 34.2 Å². The van der Waals surface area contributed by atoms with E-state index in [0.717, 1.165) is 5.56 Å². The van der Waals surface area contributed by atoms with Crippen LogP contribution in [0.1, 0.15) is 38.4 Å². The number of aromatic amines is 1. The second-order valence-corrected chi connectivity index (χ2v) is 6.50. The molecule has 29 heavy (non-hydrogen) atoms.